The standard InChI is InChI=1S/C16H18N4O3S/c1-22-15-8-12(23-6-3-7-24(2)21)4-5-13(15)14-9-20-11-17-10-18-16(20)19-14/h4-5,8-11H,3,6-7H2,1-2H3. The SMILES string of the molecule is COc1cc(OCCC[S+](C)[O-])ccc1-c1cn2cncnc2n1. The molecule has 0 amide bonds. The Morgan fingerprint density at radius 2 is 2.21 bits per heavy atom. The highest BCUT2D eigenvalue weighted by molar-refractivity contribution is 7.90. The third-order valence-electron chi connectivity index (χ3n) is 3.44. The Hall–Kier alpha value is -2.32. The minimum Gasteiger partial charge on any atom is -0.617 e. The van der Waals surface area contributed by atoms with E-state index in [-0.39, 0.29) is 0 Å². The molecule has 0 saturated heterocycles. The van der Waals surface area contributed by atoms with E-state index in [1.54, 1.807) is 24.1 Å². The van der Waals surface area contributed by atoms with Crippen molar-refractivity contribution in [3.63, 3.8) is 0 Å². The zero-order valence-electron chi connectivity index (χ0n) is 13.5. The number of aromatic nitrogens is 4. The summed E-state index contributed by atoms with van der Waals surface area (Å²) in [7, 11) is 1.61. The van der Waals surface area contributed by atoms with Crippen molar-refractivity contribution < 1.29 is 14.0 Å². The van der Waals surface area contributed by atoms with Crippen molar-refractivity contribution in [1.82, 2.24) is 19.4 Å². The quantitative estimate of drug-likeness (QED) is 0.480. The van der Waals surface area contributed by atoms with Crippen LogP contribution in [0.2, 0.25) is 0 Å². The van der Waals surface area contributed by atoms with Crippen LogP contribution >= 0.6 is 0 Å². The molecule has 24 heavy (non-hydrogen) atoms. The second-order valence-corrected chi connectivity index (χ2v) is 6.74. The van der Waals surface area contributed by atoms with Crippen molar-refractivity contribution in [3.05, 3.63) is 37.1 Å². The fourth-order valence-corrected chi connectivity index (χ4v) is 2.83. The van der Waals surface area contributed by atoms with Gasteiger partial charge in [0, 0.05) is 24.2 Å². The third kappa shape index (κ3) is 3.77. The van der Waals surface area contributed by atoms with Crippen molar-refractivity contribution in [2.45, 2.75) is 6.42 Å². The van der Waals surface area contributed by atoms with E-state index >= 15 is 0 Å². The largest absolute Gasteiger partial charge is 0.617 e. The number of ether oxygens (including phenoxy) is 2. The van der Waals surface area contributed by atoms with Gasteiger partial charge in [0.25, 0.3) is 0 Å². The Bertz CT molecular complexity index is 789. The second-order valence-electron chi connectivity index (χ2n) is 5.18. The Kier molecular flexibility index (Phi) is 5.17. The fraction of sp³-hybridized carbons (Fsp3) is 0.312. The molecular weight excluding hydrogens is 328 g/mol. The highest BCUT2D eigenvalue weighted by atomic mass is 32.2. The van der Waals surface area contributed by atoms with Gasteiger partial charge in [0.05, 0.1) is 25.7 Å². The van der Waals surface area contributed by atoms with E-state index < -0.39 is 11.2 Å². The molecule has 0 fully saturated rings. The predicted molar refractivity (Wildman–Crippen MR) is 91.8 cm³/mol. The molecule has 0 bridgehead atoms. The van der Waals surface area contributed by atoms with E-state index in [0.717, 1.165) is 17.7 Å². The minimum absolute atomic E-state index is 0.520. The first-order chi connectivity index (χ1) is 11.7. The normalized spacial score (nSPS) is 12.3. The van der Waals surface area contributed by atoms with Gasteiger partial charge < -0.3 is 14.0 Å². The van der Waals surface area contributed by atoms with Crippen LogP contribution in [-0.2, 0) is 11.2 Å². The summed E-state index contributed by atoms with van der Waals surface area (Å²) < 4.78 is 24.0. The summed E-state index contributed by atoms with van der Waals surface area (Å²) in [4.78, 5) is 12.6. The first kappa shape index (κ1) is 16.5. The van der Waals surface area contributed by atoms with Crippen molar-refractivity contribution in [2.24, 2.45) is 0 Å². The Labute approximate surface area is 142 Å². The lowest BCUT2D eigenvalue weighted by Crippen LogP contribution is -2.08. The Morgan fingerprint density at radius 1 is 1.33 bits per heavy atom. The van der Waals surface area contributed by atoms with E-state index in [9.17, 15) is 4.55 Å². The number of rotatable bonds is 7. The van der Waals surface area contributed by atoms with Gasteiger partial charge in [-0.2, -0.15) is 0 Å². The number of hydrogen-bond donors (Lipinski definition) is 0. The smallest absolute Gasteiger partial charge is 0.237 e. The van der Waals surface area contributed by atoms with Gasteiger partial charge >= 0.3 is 0 Å². The molecule has 0 aliphatic carbocycles. The predicted octanol–water partition coefficient (Wildman–Crippen LogP) is 1.95. The van der Waals surface area contributed by atoms with E-state index in [0.29, 0.717) is 29.6 Å². The van der Waals surface area contributed by atoms with Gasteiger partial charge in [-0.3, -0.25) is 4.40 Å². The molecule has 0 saturated carbocycles. The zero-order chi connectivity index (χ0) is 16.9. The number of imidazole rings is 1. The van der Waals surface area contributed by atoms with E-state index in [2.05, 4.69) is 15.0 Å². The molecular formula is C16H18N4O3S. The number of methoxy groups -OCH3 is 1. The molecule has 0 spiro atoms. The van der Waals surface area contributed by atoms with Crippen LogP contribution < -0.4 is 9.47 Å². The molecule has 126 valence electrons. The highest BCUT2D eigenvalue weighted by Crippen LogP contribution is 2.32. The number of hydrogen-bond acceptors (Lipinski definition) is 6. The summed E-state index contributed by atoms with van der Waals surface area (Å²) >= 11 is -0.792. The van der Waals surface area contributed by atoms with Crippen LogP contribution in [0.3, 0.4) is 0 Å². The summed E-state index contributed by atoms with van der Waals surface area (Å²) in [6.45, 7) is 0.520. The molecule has 3 rings (SSSR count). The minimum atomic E-state index is -0.792. The molecule has 1 unspecified atom stereocenters. The molecule has 2 heterocycles. The van der Waals surface area contributed by atoms with E-state index in [1.807, 2.05) is 24.4 Å². The lowest BCUT2D eigenvalue weighted by Gasteiger charge is -2.11. The first-order valence-electron chi connectivity index (χ1n) is 7.43. The Balaban J connectivity index is 1.79. The average molecular weight is 346 g/mol. The summed E-state index contributed by atoms with van der Waals surface area (Å²) in [5.74, 6) is 2.59. The van der Waals surface area contributed by atoms with Crippen molar-refractivity contribution in [2.75, 3.05) is 25.7 Å². The monoisotopic (exact) mass is 346 g/mol. The van der Waals surface area contributed by atoms with Crippen molar-refractivity contribution in [1.29, 1.82) is 0 Å². The summed E-state index contributed by atoms with van der Waals surface area (Å²) in [6, 6.07) is 5.60. The summed E-state index contributed by atoms with van der Waals surface area (Å²) in [5.41, 5.74) is 1.60. The van der Waals surface area contributed by atoms with Crippen molar-refractivity contribution >= 4 is 17.0 Å². The molecule has 8 heteroatoms. The van der Waals surface area contributed by atoms with Crippen LogP contribution in [0.4, 0.5) is 0 Å². The van der Waals surface area contributed by atoms with Gasteiger partial charge in [0.1, 0.15) is 29.9 Å². The zero-order valence-corrected chi connectivity index (χ0v) is 14.3. The maximum Gasteiger partial charge on any atom is 0.237 e. The third-order valence-corrected chi connectivity index (χ3v) is 4.30. The molecule has 1 atom stereocenters. The maximum absolute atomic E-state index is 11.0. The van der Waals surface area contributed by atoms with Crippen LogP contribution in [0.5, 0.6) is 11.5 Å². The van der Waals surface area contributed by atoms with E-state index in [1.165, 1.54) is 6.33 Å². The number of fused-ring (bicyclic) bond motifs is 1. The second kappa shape index (κ2) is 7.50. The van der Waals surface area contributed by atoms with E-state index in [4.69, 9.17) is 9.47 Å². The maximum atomic E-state index is 11.0. The van der Waals surface area contributed by atoms with Crippen LogP contribution in [0, 0.1) is 0 Å². The first-order valence-corrected chi connectivity index (χ1v) is 9.16. The van der Waals surface area contributed by atoms with Crippen LogP contribution in [0.15, 0.2) is 37.1 Å². The Morgan fingerprint density at radius 3 is 2.96 bits per heavy atom. The lowest BCUT2D eigenvalue weighted by molar-refractivity contribution is 0.315. The lowest BCUT2D eigenvalue weighted by atomic mass is 10.1. The molecule has 0 N–H and O–H groups in total. The highest BCUT2D eigenvalue weighted by Gasteiger charge is 2.12. The van der Waals surface area contributed by atoms with Gasteiger partial charge in [0.15, 0.2) is 0 Å². The molecule has 0 aliphatic heterocycles. The summed E-state index contributed by atoms with van der Waals surface area (Å²) in [5, 5.41) is 0. The van der Waals surface area contributed by atoms with Gasteiger partial charge in [-0.15, -0.1) is 0 Å². The molecule has 0 aliphatic rings. The van der Waals surface area contributed by atoms with Gasteiger partial charge in [-0.1, -0.05) is 11.2 Å². The molecule has 1 aromatic carbocycles. The van der Waals surface area contributed by atoms with Crippen LogP contribution in [0.25, 0.3) is 17.0 Å². The number of benzene rings is 1. The van der Waals surface area contributed by atoms with Gasteiger partial charge in [0.2, 0.25) is 5.78 Å². The fourth-order valence-electron chi connectivity index (χ4n) is 2.31. The van der Waals surface area contributed by atoms with Crippen LogP contribution in [0.1, 0.15) is 6.42 Å². The molecule has 7 nitrogen and oxygen atoms in total. The molecule has 0 radical (unpaired) electrons. The topological polar surface area (TPSA) is 84.6 Å². The van der Waals surface area contributed by atoms with Gasteiger partial charge in [-0.25, -0.2) is 15.0 Å². The number of nitrogens with zero attached hydrogens (tertiary/aromatic N) is 4. The molecule has 2 aromatic heterocycles. The van der Waals surface area contributed by atoms with Gasteiger partial charge in [-0.05, 0) is 12.1 Å². The summed E-state index contributed by atoms with van der Waals surface area (Å²) in [6.07, 6.45) is 7.41. The average Bonchev–Trinajstić information content (AvgIpc) is 3.02. The van der Waals surface area contributed by atoms with Crippen LogP contribution in [-0.4, -0.2) is 49.6 Å². The van der Waals surface area contributed by atoms with Crippen molar-refractivity contribution in [3.8, 4) is 22.8 Å². The molecule has 3 aromatic rings.